The van der Waals surface area contributed by atoms with Gasteiger partial charge in [-0.05, 0) is 62.6 Å². The molecule has 4 aromatic carbocycles. The van der Waals surface area contributed by atoms with Gasteiger partial charge in [-0.1, -0.05) is 121 Å². The van der Waals surface area contributed by atoms with E-state index in [-0.39, 0.29) is 6.04 Å². The molecular formula is C40H44F3N3O3. The molecule has 1 fully saturated rings. The Morgan fingerprint density at radius 3 is 1.63 bits per heavy atom. The van der Waals surface area contributed by atoms with Crippen LogP contribution in [0, 0.1) is 5.92 Å². The number of amides is 2. The molecule has 6 nitrogen and oxygen atoms in total. The van der Waals surface area contributed by atoms with Gasteiger partial charge in [0.2, 0.25) is 0 Å². The highest BCUT2D eigenvalue weighted by molar-refractivity contribution is 5.78. The van der Waals surface area contributed by atoms with Gasteiger partial charge in [0.15, 0.2) is 5.60 Å². The summed E-state index contributed by atoms with van der Waals surface area (Å²) in [5.41, 5.74) is 1.24. The Bertz CT molecular complexity index is 1520. The van der Waals surface area contributed by atoms with E-state index in [1.54, 1.807) is 67.6 Å². The second-order valence-electron chi connectivity index (χ2n) is 12.9. The first-order chi connectivity index (χ1) is 23.6. The second-order valence-corrected chi connectivity index (χ2v) is 12.9. The molecule has 4 aromatic rings. The maximum absolute atomic E-state index is 13.6. The minimum atomic E-state index is -5.23. The number of halogens is 3. The lowest BCUT2D eigenvalue weighted by atomic mass is 9.80. The number of carbonyl (C=O) groups is 2. The molecule has 1 aliphatic rings. The minimum Gasteiger partial charge on any atom is -0.440 e. The van der Waals surface area contributed by atoms with Crippen LogP contribution in [0.4, 0.5) is 18.0 Å². The third-order valence-electron chi connectivity index (χ3n) is 9.38. The average Bonchev–Trinajstić information content (AvgIpc) is 3.11. The first-order valence-corrected chi connectivity index (χ1v) is 16.9. The Morgan fingerprint density at radius 2 is 1.18 bits per heavy atom. The van der Waals surface area contributed by atoms with Crippen molar-refractivity contribution in [1.29, 1.82) is 0 Å². The van der Waals surface area contributed by atoms with Crippen LogP contribution in [0.1, 0.15) is 61.3 Å². The lowest BCUT2D eigenvalue weighted by molar-refractivity contribution is -0.213. The number of esters is 1. The van der Waals surface area contributed by atoms with E-state index >= 15 is 0 Å². The fourth-order valence-electron chi connectivity index (χ4n) is 6.83. The summed E-state index contributed by atoms with van der Waals surface area (Å²) in [7, 11) is 0. The van der Waals surface area contributed by atoms with Gasteiger partial charge < -0.3 is 15.4 Å². The van der Waals surface area contributed by atoms with Gasteiger partial charge in [-0.3, -0.25) is 4.90 Å². The van der Waals surface area contributed by atoms with Crippen LogP contribution >= 0.6 is 0 Å². The van der Waals surface area contributed by atoms with Gasteiger partial charge in [0.25, 0.3) is 0 Å². The van der Waals surface area contributed by atoms with Crippen molar-refractivity contribution in [1.82, 2.24) is 15.5 Å². The van der Waals surface area contributed by atoms with Gasteiger partial charge in [0.1, 0.15) is 0 Å². The van der Waals surface area contributed by atoms with Gasteiger partial charge in [-0.2, -0.15) is 13.2 Å². The van der Waals surface area contributed by atoms with Crippen LogP contribution in [-0.4, -0.2) is 41.7 Å². The topological polar surface area (TPSA) is 70.7 Å². The highest BCUT2D eigenvalue weighted by atomic mass is 19.4. The summed E-state index contributed by atoms with van der Waals surface area (Å²) in [5, 5.41) is 5.85. The number of hydrogen-bond acceptors (Lipinski definition) is 4. The number of nitrogens with zero attached hydrogens (tertiary/aromatic N) is 1. The van der Waals surface area contributed by atoms with Gasteiger partial charge in [-0.25, -0.2) is 9.59 Å². The molecule has 5 rings (SSSR count). The Hall–Kier alpha value is -4.63. The van der Waals surface area contributed by atoms with E-state index < -0.39 is 29.8 Å². The Kier molecular flexibility index (Phi) is 12.1. The Morgan fingerprint density at radius 1 is 0.735 bits per heavy atom. The summed E-state index contributed by atoms with van der Waals surface area (Å²) in [5.74, 6) is -1.81. The normalized spacial score (nSPS) is 17.2. The molecular weight excluding hydrogens is 627 g/mol. The molecule has 0 aliphatic heterocycles. The minimum absolute atomic E-state index is 0.0752. The maximum Gasteiger partial charge on any atom is 0.490 e. The lowest BCUT2D eigenvalue weighted by Gasteiger charge is -2.40. The highest BCUT2D eigenvalue weighted by Gasteiger charge is 2.51. The van der Waals surface area contributed by atoms with Gasteiger partial charge in [0.05, 0.1) is 6.04 Å². The molecule has 2 amide bonds. The van der Waals surface area contributed by atoms with Crippen LogP contribution in [0.2, 0.25) is 0 Å². The molecule has 0 bridgehead atoms. The second kappa shape index (κ2) is 16.7. The zero-order valence-electron chi connectivity index (χ0n) is 27.7. The molecule has 0 aromatic heterocycles. The fourth-order valence-corrected chi connectivity index (χ4v) is 6.83. The monoisotopic (exact) mass is 671 g/mol. The number of carbonyl (C=O) groups excluding carboxylic acids is 2. The molecule has 258 valence electrons. The van der Waals surface area contributed by atoms with Crippen LogP contribution in [0.15, 0.2) is 121 Å². The van der Waals surface area contributed by atoms with Crippen molar-refractivity contribution in [2.24, 2.45) is 5.92 Å². The van der Waals surface area contributed by atoms with Crippen molar-refractivity contribution in [2.45, 2.75) is 76.0 Å². The summed E-state index contributed by atoms with van der Waals surface area (Å²) < 4.78 is 46.1. The van der Waals surface area contributed by atoms with Crippen molar-refractivity contribution in [3.05, 3.63) is 144 Å². The van der Waals surface area contributed by atoms with Crippen LogP contribution in [0.25, 0.3) is 0 Å². The summed E-state index contributed by atoms with van der Waals surface area (Å²) in [4.78, 5) is 28.2. The maximum atomic E-state index is 13.6. The molecule has 1 aliphatic carbocycles. The fraction of sp³-hybridized carbons (Fsp3) is 0.350. The van der Waals surface area contributed by atoms with Crippen molar-refractivity contribution >= 4 is 12.0 Å². The zero-order chi connectivity index (χ0) is 34.7. The third-order valence-corrected chi connectivity index (χ3v) is 9.38. The lowest BCUT2D eigenvalue weighted by Crippen LogP contribution is -2.56. The third kappa shape index (κ3) is 9.72. The first-order valence-electron chi connectivity index (χ1n) is 16.9. The zero-order valence-corrected chi connectivity index (χ0v) is 27.7. The summed E-state index contributed by atoms with van der Waals surface area (Å²) >= 11 is 0. The molecule has 49 heavy (non-hydrogen) atoms. The van der Waals surface area contributed by atoms with Gasteiger partial charge >= 0.3 is 18.2 Å². The van der Waals surface area contributed by atoms with E-state index in [2.05, 4.69) is 64.1 Å². The SMILES string of the molecule is C[C@@H](NC(=O)NC1CCC(CCN(Cc2ccccc2)Cc2ccccc2)CC1)C(OC(=O)C(F)(F)F)(c1ccccc1)c1ccccc1. The highest BCUT2D eigenvalue weighted by Crippen LogP contribution is 2.39. The van der Waals surface area contributed by atoms with Crippen LogP contribution in [0.3, 0.4) is 0 Å². The number of alkyl halides is 3. The van der Waals surface area contributed by atoms with Crippen molar-refractivity contribution in [3.8, 4) is 0 Å². The summed E-state index contributed by atoms with van der Waals surface area (Å²) in [6.45, 7) is 4.26. The van der Waals surface area contributed by atoms with Crippen LogP contribution in [-0.2, 0) is 28.2 Å². The molecule has 0 heterocycles. The van der Waals surface area contributed by atoms with E-state index in [1.807, 2.05) is 12.1 Å². The number of ether oxygens (including phenoxy) is 1. The average molecular weight is 672 g/mol. The quantitative estimate of drug-likeness (QED) is 0.140. The molecule has 0 spiro atoms. The number of hydrogen-bond donors (Lipinski definition) is 2. The van der Waals surface area contributed by atoms with Crippen molar-refractivity contribution in [2.75, 3.05) is 6.54 Å². The smallest absolute Gasteiger partial charge is 0.440 e. The molecule has 0 radical (unpaired) electrons. The number of nitrogens with one attached hydrogen (secondary N) is 2. The van der Waals surface area contributed by atoms with Crippen LogP contribution in [0.5, 0.6) is 0 Å². The molecule has 1 atom stereocenters. The Labute approximate surface area is 286 Å². The molecule has 2 N–H and O–H groups in total. The van der Waals surface area contributed by atoms with E-state index in [1.165, 1.54) is 11.1 Å². The van der Waals surface area contributed by atoms with Crippen molar-refractivity contribution in [3.63, 3.8) is 0 Å². The number of benzene rings is 4. The summed E-state index contributed by atoms with van der Waals surface area (Å²) in [6.07, 6.45) is -0.643. The Balaban J connectivity index is 1.20. The summed E-state index contributed by atoms with van der Waals surface area (Å²) in [6, 6.07) is 35.7. The number of rotatable bonds is 13. The van der Waals surface area contributed by atoms with E-state index in [0.717, 1.165) is 51.7 Å². The molecule has 1 saturated carbocycles. The van der Waals surface area contributed by atoms with E-state index in [0.29, 0.717) is 17.0 Å². The van der Waals surface area contributed by atoms with E-state index in [4.69, 9.17) is 4.74 Å². The van der Waals surface area contributed by atoms with Crippen LogP contribution < -0.4 is 10.6 Å². The first kappa shape index (κ1) is 35.7. The molecule has 9 heteroatoms. The standard InChI is InChI=1S/C40H44F3N3O3/c1-30(39(34-18-10-4-11-19-34,35-20-12-5-13-21-35)49-37(47)40(41,42)43)44-38(48)45-36-24-22-31(23-25-36)26-27-46(28-32-14-6-2-7-15-32)29-33-16-8-3-9-17-33/h2-21,30-31,36H,22-29H2,1H3,(H2,44,45,48)/t30-,31?,36?/m1/s1. The van der Waals surface area contributed by atoms with Crippen molar-refractivity contribution < 1.29 is 27.5 Å². The van der Waals surface area contributed by atoms with Gasteiger partial charge in [-0.15, -0.1) is 0 Å². The molecule has 0 unspecified atom stereocenters. The largest absolute Gasteiger partial charge is 0.490 e. The van der Waals surface area contributed by atoms with E-state index in [9.17, 15) is 22.8 Å². The predicted molar refractivity (Wildman–Crippen MR) is 184 cm³/mol. The van der Waals surface area contributed by atoms with Gasteiger partial charge in [0, 0.05) is 30.3 Å². The predicted octanol–water partition coefficient (Wildman–Crippen LogP) is 8.37. The molecule has 0 saturated heterocycles. The number of urea groups is 1.